The summed E-state index contributed by atoms with van der Waals surface area (Å²) in [5, 5.41) is 38.9. The van der Waals surface area contributed by atoms with E-state index in [2.05, 4.69) is 0 Å². The van der Waals surface area contributed by atoms with Crippen LogP contribution in [0.2, 0.25) is 0 Å². The van der Waals surface area contributed by atoms with Crippen molar-refractivity contribution in [2.45, 2.75) is 18.4 Å². The third-order valence-electron chi connectivity index (χ3n) is 1.25. The fourth-order valence-corrected chi connectivity index (χ4v) is 0.684. The average Bonchev–Trinajstić information content (AvgIpc) is 1.82. The Morgan fingerprint density at radius 3 is 0.955 bits per heavy atom. The summed E-state index contributed by atoms with van der Waals surface area (Å²) in [4.78, 5) is 30.0. The van der Waals surface area contributed by atoms with Gasteiger partial charge < -0.3 is 67.7 Å². The summed E-state index contributed by atoms with van der Waals surface area (Å²) in [6.45, 7) is 0. The second kappa shape index (κ2) is 29.0. The smallest absolute Gasteiger partial charge is 0.550 e. The van der Waals surface area contributed by atoms with Crippen LogP contribution in [-0.2, 0) is 14.4 Å². The van der Waals surface area contributed by atoms with Crippen molar-refractivity contribution in [3.63, 3.8) is 0 Å². The van der Waals surface area contributed by atoms with Crippen molar-refractivity contribution in [1.82, 2.24) is 0 Å². The largest absolute Gasteiger partial charge is 1.00 e. The predicted octanol–water partition coefficient (Wildman–Crippen LogP) is -19.2. The van der Waals surface area contributed by atoms with Crippen molar-refractivity contribution in [3.8, 4) is 0 Å². The molecule has 13 nitrogen and oxygen atoms in total. The molecule has 0 aliphatic heterocycles. The second-order valence-corrected chi connectivity index (χ2v) is 2.42. The van der Waals surface area contributed by atoms with Gasteiger partial charge in [0.1, 0.15) is 5.60 Å². The molecule has 0 aliphatic carbocycles. The van der Waals surface area contributed by atoms with Gasteiger partial charge >= 0.3 is 56.6 Å². The van der Waals surface area contributed by atoms with E-state index in [1.807, 2.05) is 0 Å². The van der Waals surface area contributed by atoms with Gasteiger partial charge in [-0.05, 0) is 0 Å². The van der Waals surface area contributed by atoms with Crippen LogP contribution in [0.3, 0.4) is 0 Å². The number of carbonyl (C=O) groups is 3. The van der Waals surface area contributed by atoms with Crippen LogP contribution in [0.5, 0.6) is 0 Å². The van der Waals surface area contributed by atoms with E-state index in [0.29, 0.717) is 0 Å². The maximum atomic E-state index is 10.1. The standard InChI is InChI=1S/C6H8O7.3Li.6H2O/c7-3(8)1-6(13,5(11)12)2-4(9)10;;;;;;;;;/h13H,1-2H2,(H,7,8)(H,9,10)(H,11,12);;;;6*1H2/q;3*+1;;;;;;/p-3. The third-order valence-corrected chi connectivity index (χ3v) is 1.25. The van der Waals surface area contributed by atoms with E-state index in [1.54, 1.807) is 0 Å². The number of hydrogen-bond donors (Lipinski definition) is 1. The molecular weight excluding hydrogens is 301 g/mol. The Hall–Kier alpha value is -0.0778. The molecule has 0 aromatic rings. The molecule has 0 aromatic heterocycles. The summed E-state index contributed by atoms with van der Waals surface area (Å²) < 4.78 is 0. The fourth-order valence-electron chi connectivity index (χ4n) is 0.684. The number of carboxylic acid groups (broad SMARTS) is 3. The molecule has 0 saturated heterocycles. The molecule has 0 radical (unpaired) electrons. The molecule has 0 aromatic carbocycles. The first-order valence-electron chi connectivity index (χ1n) is 3.11. The van der Waals surface area contributed by atoms with Gasteiger partial charge in [0.05, 0.1) is 5.97 Å². The van der Waals surface area contributed by atoms with Gasteiger partial charge in [0, 0.05) is 24.8 Å². The Morgan fingerprint density at radius 1 is 0.682 bits per heavy atom. The van der Waals surface area contributed by atoms with Gasteiger partial charge in [-0.25, -0.2) is 0 Å². The zero-order chi connectivity index (χ0) is 10.6. The maximum Gasteiger partial charge on any atom is 1.00 e. The molecule has 0 amide bonds. The van der Waals surface area contributed by atoms with E-state index in [-0.39, 0.29) is 89.4 Å². The number of aliphatic carboxylic acids is 3. The topological polar surface area (TPSA) is 330 Å². The first-order chi connectivity index (χ1) is 5.78. The molecule has 0 aliphatic rings. The third kappa shape index (κ3) is 28.1. The van der Waals surface area contributed by atoms with Crippen molar-refractivity contribution in [3.05, 3.63) is 0 Å². The Balaban J connectivity index is -0.0000000200. The van der Waals surface area contributed by atoms with Crippen LogP contribution in [0.1, 0.15) is 12.8 Å². The van der Waals surface area contributed by atoms with Gasteiger partial charge in [-0.15, -0.1) is 0 Å². The fraction of sp³-hybridized carbons (Fsp3) is 0.500. The van der Waals surface area contributed by atoms with Crippen LogP contribution >= 0.6 is 0 Å². The summed E-state index contributed by atoms with van der Waals surface area (Å²) in [6.07, 6.45) is -2.72. The van der Waals surface area contributed by atoms with Crippen molar-refractivity contribution in [2.24, 2.45) is 0 Å². The summed E-state index contributed by atoms with van der Waals surface area (Å²) in [7, 11) is 0. The summed E-state index contributed by atoms with van der Waals surface area (Å²) in [5.74, 6) is -5.98. The van der Waals surface area contributed by atoms with Crippen molar-refractivity contribution < 1.29 is 124 Å². The van der Waals surface area contributed by atoms with Gasteiger partial charge in [-0.3, -0.25) is 0 Å². The molecule has 0 bridgehead atoms. The number of carbonyl (C=O) groups excluding carboxylic acids is 3. The SMILES string of the molecule is O.O.O.O.O.O.O=C([O-])CC(O)(CC(=O)[O-])C(=O)[O-].[Li+].[Li+].[Li+]. The average molecular weight is 318 g/mol. The van der Waals surface area contributed by atoms with Crippen LogP contribution < -0.4 is 71.9 Å². The Kier molecular flexibility index (Phi) is 89.0. The van der Waals surface area contributed by atoms with Crippen molar-refractivity contribution in [1.29, 1.82) is 0 Å². The summed E-state index contributed by atoms with van der Waals surface area (Å²) >= 11 is 0. The molecule has 0 unspecified atom stereocenters. The molecule has 0 heterocycles. The first-order valence-corrected chi connectivity index (χ1v) is 3.11. The number of rotatable bonds is 5. The zero-order valence-electron chi connectivity index (χ0n) is 12.3. The van der Waals surface area contributed by atoms with Crippen molar-refractivity contribution >= 4 is 17.9 Å². The minimum atomic E-state index is -2.97. The zero-order valence-corrected chi connectivity index (χ0v) is 12.3. The van der Waals surface area contributed by atoms with Gasteiger partial charge in [-0.2, -0.15) is 0 Å². The monoisotopic (exact) mass is 318 g/mol. The Labute approximate surface area is 160 Å². The van der Waals surface area contributed by atoms with Crippen LogP contribution in [0.15, 0.2) is 0 Å². The summed E-state index contributed by atoms with van der Waals surface area (Å²) in [5.41, 5.74) is -2.97. The van der Waals surface area contributed by atoms with E-state index in [1.165, 1.54) is 0 Å². The first kappa shape index (κ1) is 67.5. The van der Waals surface area contributed by atoms with Crippen LogP contribution in [0, 0.1) is 0 Å². The van der Waals surface area contributed by atoms with E-state index < -0.39 is 36.4 Å². The molecule has 0 spiro atoms. The van der Waals surface area contributed by atoms with Crippen LogP contribution in [0.4, 0.5) is 0 Å². The molecule has 0 atom stereocenters. The van der Waals surface area contributed by atoms with E-state index in [9.17, 15) is 29.7 Å². The second-order valence-electron chi connectivity index (χ2n) is 2.42. The van der Waals surface area contributed by atoms with Crippen LogP contribution in [-0.4, -0.2) is 61.5 Å². The Morgan fingerprint density at radius 2 is 0.864 bits per heavy atom. The molecule has 0 rings (SSSR count). The quantitative estimate of drug-likeness (QED) is 0.475. The summed E-state index contributed by atoms with van der Waals surface area (Å²) in [6, 6.07) is 0. The molecule has 122 valence electrons. The van der Waals surface area contributed by atoms with Gasteiger partial charge in [0.15, 0.2) is 0 Å². The minimum absolute atomic E-state index is 0. The number of hydrogen-bond acceptors (Lipinski definition) is 7. The Bertz CT molecular complexity index is 244. The molecular formula is C6H17Li3O13. The maximum absolute atomic E-state index is 10.1. The van der Waals surface area contributed by atoms with Crippen LogP contribution in [0.25, 0.3) is 0 Å². The molecule has 13 N–H and O–H groups in total. The van der Waals surface area contributed by atoms with Gasteiger partial charge in [0.2, 0.25) is 0 Å². The minimum Gasteiger partial charge on any atom is -0.550 e. The van der Waals surface area contributed by atoms with E-state index in [0.717, 1.165) is 0 Å². The van der Waals surface area contributed by atoms with E-state index >= 15 is 0 Å². The predicted molar refractivity (Wildman–Crippen MR) is 50.9 cm³/mol. The molecule has 0 saturated carbocycles. The van der Waals surface area contributed by atoms with Gasteiger partial charge in [-0.1, -0.05) is 0 Å². The van der Waals surface area contributed by atoms with Crippen molar-refractivity contribution in [2.75, 3.05) is 0 Å². The molecule has 16 heteroatoms. The normalized spacial score (nSPS) is 6.41. The molecule has 22 heavy (non-hydrogen) atoms. The van der Waals surface area contributed by atoms with E-state index in [4.69, 9.17) is 5.11 Å². The number of carboxylic acids is 3. The molecule has 0 fully saturated rings. The van der Waals surface area contributed by atoms with Gasteiger partial charge in [0.25, 0.3) is 0 Å². The number of aliphatic hydroxyl groups is 1.